The predicted molar refractivity (Wildman–Crippen MR) is 123 cm³/mol. The van der Waals surface area contributed by atoms with Crippen LogP contribution in [0.5, 0.6) is 5.75 Å². The molecule has 32 heavy (non-hydrogen) atoms. The molecular formula is C21H23ClF2N3O4P. The number of hydrogen-bond acceptors (Lipinski definition) is 6. The Kier molecular flexibility index (Phi) is 8.92. The summed E-state index contributed by atoms with van der Waals surface area (Å²) >= 11 is 5.91. The van der Waals surface area contributed by atoms with Crippen LogP contribution in [0.25, 0.3) is 0 Å². The van der Waals surface area contributed by atoms with Gasteiger partial charge in [0.1, 0.15) is 19.5 Å². The maximum absolute atomic E-state index is 13.4. The highest BCUT2D eigenvalue weighted by atomic mass is 35.5. The molecule has 0 spiro atoms. The molecule has 0 saturated heterocycles. The molecule has 0 aliphatic rings. The molecule has 2 aromatic carbocycles. The first kappa shape index (κ1) is 25.5. The van der Waals surface area contributed by atoms with E-state index in [0.29, 0.717) is 11.1 Å². The summed E-state index contributed by atoms with van der Waals surface area (Å²) in [5, 5.41) is 10.6. The Balaban J connectivity index is 2.33. The Morgan fingerprint density at radius 3 is 2.56 bits per heavy atom. The van der Waals surface area contributed by atoms with Gasteiger partial charge in [0, 0.05) is 28.8 Å². The number of benzene rings is 2. The van der Waals surface area contributed by atoms with Gasteiger partial charge < -0.3 is 19.7 Å². The van der Waals surface area contributed by atoms with Crippen molar-refractivity contribution < 1.29 is 28.0 Å². The monoisotopic (exact) mass is 485 g/mol. The van der Waals surface area contributed by atoms with Crippen LogP contribution in [-0.2, 0) is 21.1 Å². The van der Waals surface area contributed by atoms with E-state index >= 15 is 0 Å². The van der Waals surface area contributed by atoms with Crippen LogP contribution in [0.3, 0.4) is 0 Å². The van der Waals surface area contributed by atoms with Gasteiger partial charge in [-0.15, -0.1) is 0 Å². The number of amides is 1. The first-order chi connectivity index (χ1) is 15.1. The highest BCUT2D eigenvalue weighted by molar-refractivity contribution is 7.17. The van der Waals surface area contributed by atoms with Gasteiger partial charge in [-0.1, -0.05) is 40.1 Å². The first-order valence-corrected chi connectivity index (χ1v) is 10.3. The molecule has 0 radical (unpaired) electrons. The van der Waals surface area contributed by atoms with Crippen LogP contribution in [0.15, 0.2) is 46.7 Å². The molecule has 0 fully saturated rings. The van der Waals surface area contributed by atoms with Crippen molar-refractivity contribution in [2.45, 2.75) is 26.3 Å². The predicted octanol–water partition coefficient (Wildman–Crippen LogP) is 4.49. The van der Waals surface area contributed by atoms with Crippen LogP contribution >= 0.6 is 20.8 Å². The zero-order valence-corrected chi connectivity index (χ0v) is 19.8. The number of rotatable bonds is 9. The Hall–Kier alpha value is -2.77. The van der Waals surface area contributed by atoms with Crippen LogP contribution in [0, 0.1) is 6.92 Å². The quantitative estimate of drug-likeness (QED) is 0.322. The summed E-state index contributed by atoms with van der Waals surface area (Å²) in [4.78, 5) is 22.5. The lowest BCUT2D eigenvalue weighted by Gasteiger charge is -2.16. The average Bonchev–Trinajstić information content (AvgIpc) is 2.71. The molecule has 0 aliphatic carbocycles. The van der Waals surface area contributed by atoms with Crippen LogP contribution in [-0.4, -0.2) is 37.3 Å². The summed E-state index contributed by atoms with van der Waals surface area (Å²) in [6.45, 7) is 3.42. The smallest absolute Gasteiger partial charge is 0.408 e. The van der Waals surface area contributed by atoms with Gasteiger partial charge in [-0.05, 0) is 46.8 Å². The number of carbonyl (C=O) groups excluding carboxylic acids is 1. The van der Waals surface area contributed by atoms with Gasteiger partial charge in [0.15, 0.2) is 5.71 Å². The number of ether oxygens (including phenoxy) is 1. The zero-order chi connectivity index (χ0) is 23.9. The van der Waals surface area contributed by atoms with Crippen LogP contribution < -0.4 is 10.1 Å². The Labute approximate surface area is 191 Å². The summed E-state index contributed by atoms with van der Waals surface area (Å²) in [7, 11) is 4.13. The topological polar surface area (TPSA) is 81.5 Å². The van der Waals surface area contributed by atoms with Crippen molar-refractivity contribution in [3.05, 3.63) is 63.7 Å². The molecule has 0 bridgehead atoms. The standard InChI is InChI=1S/C21H23ClF2N3O4P/c1-12-6-5-7-16(19(27-29-4)20(28)25-3)17(12)11-30-26-13(2)15-9-8-14(22)10-18(15)31-21(23,24)32/h5-10H,11,32H2,1-4H3,(H,25,28)/b26-13+,27-19+. The highest BCUT2D eigenvalue weighted by Crippen LogP contribution is 2.32. The molecule has 0 heterocycles. The maximum atomic E-state index is 13.4. The number of hydrogen-bond donors (Lipinski definition) is 1. The number of nitrogens with one attached hydrogen (secondary N) is 1. The molecule has 0 aromatic heterocycles. The molecule has 11 heteroatoms. The Morgan fingerprint density at radius 1 is 1.22 bits per heavy atom. The summed E-state index contributed by atoms with van der Waals surface area (Å²) in [5.41, 5.74) is 2.66. The van der Waals surface area contributed by atoms with E-state index in [2.05, 4.69) is 20.4 Å². The molecule has 2 aromatic rings. The average molecular weight is 486 g/mol. The van der Waals surface area contributed by atoms with E-state index in [9.17, 15) is 13.6 Å². The van der Waals surface area contributed by atoms with Crippen molar-refractivity contribution in [2.24, 2.45) is 10.3 Å². The second kappa shape index (κ2) is 11.2. The normalized spacial score (nSPS) is 12.4. The summed E-state index contributed by atoms with van der Waals surface area (Å²) in [6.07, 6.45) is 0. The fourth-order valence-corrected chi connectivity index (χ4v) is 3.10. The summed E-state index contributed by atoms with van der Waals surface area (Å²) < 4.78 is 31.4. The van der Waals surface area contributed by atoms with Crippen molar-refractivity contribution in [1.29, 1.82) is 0 Å². The van der Waals surface area contributed by atoms with Gasteiger partial charge in [-0.3, -0.25) is 4.79 Å². The fraction of sp³-hybridized carbons (Fsp3) is 0.286. The third-order valence-electron chi connectivity index (χ3n) is 4.28. The van der Waals surface area contributed by atoms with Gasteiger partial charge in [-0.25, -0.2) is 0 Å². The minimum Gasteiger partial charge on any atom is -0.429 e. The third kappa shape index (κ3) is 6.87. The molecule has 1 unspecified atom stereocenters. The lowest BCUT2D eigenvalue weighted by Crippen LogP contribution is -2.29. The molecule has 2 rings (SSSR count). The first-order valence-electron chi connectivity index (χ1n) is 9.31. The SMILES string of the molecule is CNC(=O)/C(=N/OC)c1cccc(C)c1CO/N=C(\C)c1ccc(Cl)cc1OC(F)(F)P. The Morgan fingerprint density at radius 2 is 1.94 bits per heavy atom. The van der Waals surface area contributed by atoms with Gasteiger partial charge in [-0.2, -0.15) is 8.78 Å². The number of carbonyl (C=O) groups is 1. The van der Waals surface area contributed by atoms with E-state index < -0.39 is 11.8 Å². The van der Waals surface area contributed by atoms with E-state index in [-0.39, 0.29) is 34.4 Å². The lowest BCUT2D eigenvalue weighted by molar-refractivity contribution is -0.114. The van der Waals surface area contributed by atoms with Gasteiger partial charge in [0.2, 0.25) is 0 Å². The minimum absolute atomic E-state index is 0.0113. The highest BCUT2D eigenvalue weighted by Gasteiger charge is 2.26. The van der Waals surface area contributed by atoms with E-state index in [1.165, 1.54) is 41.6 Å². The van der Waals surface area contributed by atoms with Gasteiger partial charge in [0.25, 0.3) is 5.91 Å². The van der Waals surface area contributed by atoms with Crippen molar-refractivity contribution in [1.82, 2.24) is 5.32 Å². The Bertz CT molecular complexity index is 1040. The zero-order valence-electron chi connectivity index (χ0n) is 17.9. The summed E-state index contributed by atoms with van der Waals surface area (Å²) in [6, 6.07) is 9.63. The largest absolute Gasteiger partial charge is 0.429 e. The second-order valence-corrected chi connectivity index (χ2v) is 7.67. The van der Waals surface area contributed by atoms with Gasteiger partial charge in [0.05, 0.1) is 5.71 Å². The molecule has 0 saturated carbocycles. The van der Waals surface area contributed by atoms with E-state index in [0.717, 1.165) is 5.56 Å². The third-order valence-corrected chi connectivity index (χ3v) is 4.63. The van der Waals surface area contributed by atoms with Crippen molar-refractivity contribution in [2.75, 3.05) is 14.2 Å². The number of halogens is 3. The molecule has 1 amide bonds. The molecule has 0 aliphatic heterocycles. The van der Waals surface area contributed by atoms with Crippen LogP contribution in [0.1, 0.15) is 29.2 Å². The summed E-state index contributed by atoms with van der Waals surface area (Å²) in [5.74, 6) is -4.05. The minimum atomic E-state index is -3.48. The van der Waals surface area contributed by atoms with E-state index in [4.69, 9.17) is 21.3 Å². The van der Waals surface area contributed by atoms with Crippen molar-refractivity contribution >= 4 is 38.2 Å². The fourth-order valence-electron chi connectivity index (χ4n) is 2.81. The second-order valence-electron chi connectivity index (χ2n) is 6.56. The van der Waals surface area contributed by atoms with Crippen molar-refractivity contribution in [3.8, 4) is 5.75 Å². The van der Waals surface area contributed by atoms with Crippen LogP contribution in [0.2, 0.25) is 5.02 Å². The van der Waals surface area contributed by atoms with Crippen molar-refractivity contribution in [3.63, 3.8) is 0 Å². The van der Waals surface area contributed by atoms with Crippen LogP contribution in [0.4, 0.5) is 8.78 Å². The molecular weight excluding hydrogens is 463 g/mol. The lowest BCUT2D eigenvalue weighted by atomic mass is 9.98. The molecule has 7 nitrogen and oxygen atoms in total. The number of aryl methyl sites for hydroxylation is 1. The van der Waals surface area contributed by atoms with E-state index in [1.807, 2.05) is 13.0 Å². The molecule has 1 atom stereocenters. The number of oxime groups is 2. The molecule has 1 N–H and O–H groups in total. The number of alkyl halides is 2. The van der Waals surface area contributed by atoms with Gasteiger partial charge >= 0.3 is 5.85 Å². The maximum Gasteiger partial charge on any atom is 0.408 e. The number of nitrogens with zero attached hydrogens (tertiary/aromatic N) is 2. The number of likely N-dealkylation sites (N-methyl/N-ethyl adjacent to an activating group) is 1. The van der Waals surface area contributed by atoms with E-state index in [1.54, 1.807) is 19.1 Å². The molecule has 172 valence electrons.